The molecule has 1 fully saturated rings. The van der Waals surface area contributed by atoms with Gasteiger partial charge in [-0.1, -0.05) is 76.3 Å². The normalized spacial score (nSPS) is 20.8. The molecular formula is C27H39N5O2Si. The molecule has 2 aromatic heterocycles. The van der Waals surface area contributed by atoms with Gasteiger partial charge >= 0.3 is 0 Å². The Morgan fingerprint density at radius 1 is 1.11 bits per heavy atom. The molecule has 1 saturated heterocycles. The van der Waals surface area contributed by atoms with Crippen molar-refractivity contribution in [1.29, 1.82) is 0 Å². The van der Waals surface area contributed by atoms with Crippen LogP contribution in [-0.4, -0.2) is 40.3 Å². The molecule has 0 spiro atoms. The first-order chi connectivity index (χ1) is 16.8. The van der Waals surface area contributed by atoms with E-state index in [-0.39, 0.29) is 18.3 Å². The Morgan fingerprint density at radius 2 is 1.89 bits per heavy atom. The van der Waals surface area contributed by atoms with E-state index in [0.29, 0.717) is 29.6 Å². The minimum Gasteiger partial charge on any atom is -0.476 e. The minimum atomic E-state index is -1.25. The molecule has 0 radical (unpaired) electrons. The maximum absolute atomic E-state index is 6.58. The molecule has 0 aliphatic carbocycles. The first-order valence-electron chi connectivity index (χ1n) is 12.9. The zero-order valence-electron chi connectivity index (χ0n) is 21.7. The Hall–Kier alpha value is -2.71. The molecule has 0 amide bonds. The lowest BCUT2D eigenvalue weighted by atomic mass is 9.94. The van der Waals surface area contributed by atoms with Crippen LogP contribution in [0.1, 0.15) is 57.1 Å². The van der Waals surface area contributed by atoms with Gasteiger partial charge in [-0.2, -0.15) is 9.97 Å². The van der Waals surface area contributed by atoms with E-state index in [2.05, 4.69) is 66.2 Å². The van der Waals surface area contributed by atoms with Gasteiger partial charge in [0.15, 0.2) is 11.2 Å². The van der Waals surface area contributed by atoms with Crippen LogP contribution in [0.5, 0.6) is 5.88 Å². The number of imidazole rings is 1. The van der Waals surface area contributed by atoms with Crippen molar-refractivity contribution < 1.29 is 9.47 Å². The fourth-order valence-corrected chi connectivity index (χ4v) is 5.44. The average Bonchev–Trinajstić information content (AvgIpc) is 3.38. The van der Waals surface area contributed by atoms with Crippen LogP contribution >= 0.6 is 0 Å². The zero-order valence-corrected chi connectivity index (χ0v) is 22.7. The van der Waals surface area contributed by atoms with Gasteiger partial charge in [0.05, 0.1) is 12.7 Å². The molecule has 7 nitrogen and oxygen atoms in total. The molecule has 3 unspecified atom stereocenters. The molecule has 4 rings (SSSR count). The number of nitrogens with two attached hydrogens (primary N) is 1. The Kier molecular flexibility index (Phi) is 7.91. The van der Waals surface area contributed by atoms with E-state index in [1.165, 1.54) is 0 Å². The quantitative estimate of drug-likeness (QED) is 0.328. The van der Waals surface area contributed by atoms with Crippen LogP contribution in [0.2, 0.25) is 25.7 Å². The summed E-state index contributed by atoms with van der Waals surface area (Å²) in [5.74, 6) is 1.94. The van der Waals surface area contributed by atoms with E-state index in [0.717, 1.165) is 43.1 Å². The first-order valence-corrected chi connectivity index (χ1v) is 16.6. The maximum atomic E-state index is 6.58. The van der Waals surface area contributed by atoms with Crippen LogP contribution in [0.4, 0.5) is 5.95 Å². The van der Waals surface area contributed by atoms with Crippen molar-refractivity contribution >= 4 is 37.3 Å². The number of hydrogen-bond acceptors (Lipinski definition) is 6. The number of nitrogens with zero attached hydrogens (tertiary/aromatic N) is 4. The van der Waals surface area contributed by atoms with Gasteiger partial charge in [0.1, 0.15) is 12.1 Å². The number of nitrogen functional groups attached to an aromatic ring is 1. The summed E-state index contributed by atoms with van der Waals surface area (Å²) in [6, 6.07) is 11.2. The van der Waals surface area contributed by atoms with Gasteiger partial charge in [-0.15, -0.1) is 0 Å². The van der Waals surface area contributed by atoms with Crippen molar-refractivity contribution in [3.05, 3.63) is 41.7 Å². The van der Waals surface area contributed by atoms with Gasteiger partial charge < -0.3 is 15.2 Å². The molecule has 3 aromatic rings. The Labute approximate surface area is 209 Å². The standard InChI is InChI=1S/C27H39N5O2Si/c1-6-11-20-18-23(34-21(20)7-2)32-22(15-14-19-12-9-8-10-13-19)29-24-25(32)30-27(28)31-26(24)33-16-17-35(3,4)5/h8-10,12-15,20-21,23H,6-7,11,16-18H2,1-5H3,(H2,28,30,31). The van der Waals surface area contributed by atoms with Gasteiger partial charge in [-0.25, -0.2) is 4.98 Å². The summed E-state index contributed by atoms with van der Waals surface area (Å²) in [4.78, 5) is 14.0. The van der Waals surface area contributed by atoms with Crippen molar-refractivity contribution in [3.63, 3.8) is 0 Å². The third kappa shape index (κ3) is 6.11. The SMILES string of the molecule is CCCC1CC(n2c(C=Cc3ccccc3)nc3c(OCC[Si](C)(C)C)nc(N)nc32)OC1CC. The van der Waals surface area contributed by atoms with Gasteiger partial charge in [-0.05, 0) is 42.9 Å². The van der Waals surface area contributed by atoms with E-state index in [1.54, 1.807) is 0 Å². The predicted octanol–water partition coefficient (Wildman–Crippen LogP) is 6.41. The van der Waals surface area contributed by atoms with Crippen molar-refractivity contribution in [2.75, 3.05) is 12.3 Å². The molecule has 35 heavy (non-hydrogen) atoms. The van der Waals surface area contributed by atoms with E-state index in [9.17, 15) is 0 Å². The second-order valence-electron chi connectivity index (χ2n) is 10.6. The smallest absolute Gasteiger partial charge is 0.247 e. The highest BCUT2D eigenvalue weighted by Crippen LogP contribution is 2.40. The second-order valence-corrected chi connectivity index (χ2v) is 16.2. The highest BCUT2D eigenvalue weighted by molar-refractivity contribution is 6.76. The van der Waals surface area contributed by atoms with Gasteiger partial charge in [0, 0.05) is 8.07 Å². The highest BCUT2D eigenvalue weighted by atomic mass is 28.3. The number of hydrogen-bond donors (Lipinski definition) is 1. The zero-order chi connectivity index (χ0) is 25.0. The van der Waals surface area contributed by atoms with E-state index in [1.807, 2.05) is 24.3 Å². The van der Waals surface area contributed by atoms with Gasteiger partial charge in [0.25, 0.3) is 0 Å². The third-order valence-electron chi connectivity index (χ3n) is 6.58. The lowest BCUT2D eigenvalue weighted by molar-refractivity contribution is -0.00510. The molecule has 1 aliphatic rings. The average molecular weight is 494 g/mol. The van der Waals surface area contributed by atoms with E-state index >= 15 is 0 Å². The summed E-state index contributed by atoms with van der Waals surface area (Å²) in [5.41, 5.74) is 8.57. The van der Waals surface area contributed by atoms with Crippen LogP contribution in [0.25, 0.3) is 23.3 Å². The summed E-state index contributed by atoms with van der Waals surface area (Å²) >= 11 is 0. The summed E-state index contributed by atoms with van der Waals surface area (Å²) in [7, 11) is -1.25. The first kappa shape index (κ1) is 25.4. The molecule has 3 atom stereocenters. The van der Waals surface area contributed by atoms with Crippen molar-refractivity contribution in [1.82, 2.24) is 19.5 Å². The topological polar surface area (TPSA) is 88.1 Å². The number of fused-ring (bicyclic) bond motifs is 1. The highest BCUT2D eigenvalue weighted by Gasteiger charge is 2.36. The van der Waals surface area contributed by atoms with E-state index in [4.69, 9.17) is 20.2 Å². The number of anilines is 1. The second kappa shape index (κ2) is 10.9. The Bertz CT molecular complexity index is 1160. The molecule has 1 aliphatic heterocycles. The number of benzene rings is 1. The largest absolute Gasteiger partial charge is 0.476 e. The molecule has 0 bridgehead atoms. The molecule has 188 valence electrons. The molecule has 8 heteroatoms. The number of aromatic nitrogens is 4. The van der Waals surface area contributed by atoms with Gasteiger partial charge in [-0.3, -0.25) is 4.57 Å². The summed E-state index contributed by atoms with van der Waals surface area (Å²) in [6.07, 6.45) is 8.39. The minimum absolute atomic E-state index is 0.152. The summed E-state index contributed by atoms with van der Waals surface area (Å²) < 4.78 is 14.8. The molecular weight excluding hydrogens is 454 g/mol. The van der Waals surface area contributed by atoms with Crippen LogP contribution in [-0.2, 0) is 4.74 Å². The molecule has 2 N–H and O–H groups in total. The van der Waals surface area contributed by atoms with Crippen LogP contribution in [0.3, 0.4) is 0 Å². The van der Waals surface area contributed by atoms with Crippen molar-refractivity contribution in [2.24, 2.45) is 5.92 Å². The lowest BCUT2D eigenvalue weighted by Gasteiger charge is -2.17. The van der Waals surface area contributed by atoms with Crippen LogP contribution in [0.15, 0.2) is 30.3 Å². The van der Waals surface area contributed by atoms with Crippen molar-refractivity contribution in [3.8, 4) is 5.88 Å². The fraction of sp³-hybridized carbons (Fsp3) is 0.519. The van der Waals surface area contributed by atoms with Gasteiger partial charge in [0.2, 0.25) is 11.8 Å². The third-order valence-corrected chi connectivity index (χ3v) is 8.28. The lowest BCUT2D eigenvalue weighted by Crippen LogP contribution is -2.22. The van der Waals surface area contributed by atoms with Crippen molar-refractivity contribution in [2.45, 2.75) is 77.5 Å². The number of rotatable bonds is 10. The molecule has 3 heterocycles. The molecule has 1 aromatic carbocycles. The van der Waals surface area contributed by atoms with E-state index < -0.39 is 8.07 Å². The summed E-state index contributed by atoms with van der Waals surface area (Å²) in [5, 5.41) is 0. The fourth-order valence-electron chi connectivity index (χ4n) is 4.72. The predicted molar refractivity (Wildman–Crippen MR) is 146 cm³/mol. The van der Waals surface area contributed by atoms with Crippen LogP contribution < -0.4 is 10.5 Å². The maximum Gasteiger partial charge on any atom is 0.247 e. The number of ether oxygens (including phenoxy) is 2. The monoisotopic (exact) mass is 493 g/mol. The van der Waals surface area contributed by atoms with Crippen LogP contribution in [0, 0.1) is 5.92 Å². The molecule has 0 saturated carbocycles. The Morgan fingerprint density at radius 3 is 2.57 bits per heavy atom. The summed E-state index contributed by atoms with van der Waals surface area (Å²) in [6.45, 7) is 12.0. The Balaban J connectivity index is 1.76.